The van der Waals surface area contributed by atoms with Gasteiger partial charge in [0, 0.05) is 0 Å². The summed E-state index contributed by atoms with van der Waals surface area (Å²) in [5.74, 6) is -1.47. The zero-order valence-electron chi connectivity index (χ0n) is 33.1. The third-order valence-electron chi connectivity index (χ3n) is 9.14. The Morgan fingerprint density at radius 2 is 0.722 bits per heavy atom. The van der Waals surface area contributed by atoms with Crippen LogP contribution in [0.5, 0.6) is 11.5 Å². The first kappa shape index (κ1) is 50.4. The molecule has 0 aromatic heterocycles. The van der Waals surface area contributed by atoms with Gasteiger partial charge in [0.25, 0.3) is 0 Å². The van der Waals surface area contributed by atoms with Crippen LogP contribution in [-0.4, -0.2) is 75.5 Å². The Morgan fingerprint density at radius 3 is 0.944 bits per heavy atom. The molecule has 0 saturated carbocycles. The van der Waals surface area contributed by atoms with Crippen molar-refractivity contribution in [2.24, 2.45) is 0 Å². The van der Waals surface area contributed by atoms with Crippen molar-refractivity contribution in [2.45, 2.75) is 145 Å². The molecule has 0 atom stereocenters. The van der Waals surface area contributed by atoms with Crippen LogP contribution < -0.4 is 8.37 Å². The van der Waals surface area contributed by atoms with Gasteiger partial charge in [-0.2, -0.15) is 0 Å². The average molecular weight is 1010 g/mol. The van der Waals surface area contributed by atoms with Gasteiger partial charge in [-0.05, 0) is 0 Å². The van der Waals surface area contributed by atoms with Crippen LogP contribution in [0, 0.1) is 0 Å². The predicted octanol–water partition coefficient (Wildman–Crippen LogP) is 10.7. The normalized spacial score (nSPS) is 12.0. The van der Waals surface area contributed by atoms with E-state index < -0.39 is 70.3 Å². The summed E-state index contributed by atoms with van der Waals surface area (Å²) < 4.78 is 89.7. The Morgan fingerprint density at radius 1 is 0.481 bits per heavy atom. The van der Waals surface area contributed by atoms with Gasteiger partial charge in [0.1, 0.15) is 0 Å². The van der Waals surface area contributed by atoms with Crippen molar-refractivity contribution in [3.05, 3.63) is 59.7 Å². The molecule has 0 saturated heterocycles. The summed E-state index contributed by atoms with van der Waals surface area (Å²) in [6.45, 7) is 12.8. The summed E-state index contributed by atoms with van der Waals surface area (Å²) in [5.41, 5.74) is 0.0846. The van der Waals surface area contributed by atoms with Crippen LogP contribution in [-0.2, 0) is 26.9 Å². The molecule has 2 aromatic carbocycles. The molecule has 16 heteroatoms. The number of para-hydroxylation sites is 2. The van der Waals surface area contributed by atoms with Crippen LogP contribution in [0.2, 0.25) is 26.6 Å². The van der Waals surface area contributed by atoms with Gasteiger partial charge in [-0.1, -0.05) is 0 Å². The molecule has 0 heterocycles. The van der Waals surface area contributed by atoms with Crippen molar-refractivity contribution in [3.8, 4) is 11.5 Å². The molecule has 0 unspecified atom stereocenters. The van der Waals surface area contributed by atoms with Gasteiger partial charge in [-0.25, -0.2) is 0 Å². The van der Waals surface area contributed by atoms with Crippen LogP contribution in [0.1, 0.15) is 139 Å². The molecule has 0 aliphatic heterocycles. The number of carbonyl (C=O) groups excluding carboxylic acids is 2. The SMILES string of the molecule is CCC[CH2][Sn]([CH2]CCC)([CH2]CCC)[O]C(=O)c1ccccc1OS(=O)(=O)O.CCC[CH2][Sn]([CH2]CCC)([CH2]CCC)[O]C(=O)c1ccccc1OS(=O)(=O)O. The van der Waals surface area contributed by atoms with Gasteiger partial charge in [0.05, 0.1) is 0 Å². The predicted molar refractivity (Wildman–Crippen MR) is 218 cm³/mol. The Kier molecular flexibility index (Phi) is 24.6. The second-order valence-electron chi connectivity index (χ2n) is 13.8. The average Bonchev–Trinajstić information content (AvgIpc) is 3.12. The van der Waals surface area contributed by atoms with Gasteiger partial charge in [0.15, 0.2) is 0 Å². The van der Waals surface area contributed by atoms with Crippen molar-refractivity contribution in [1.29, 1.82) is 0 Å². The zero-order chi connectivity index (χ0) is 40.7. The Hall–Kier alpha value is -1.60. The molecule has 0 fully saturated rings. The molecule has 0 aliphatic rings. The van der Waals surface area contributed by atoms with E-state index in [1.807, 2.05) is 0 Å². The number of unbranched alkanes of at least 4 members (excludes halogenated alkanes) is 6. The van der Waals surface area contributed by atoms with Crippen LogP contribution in [0.4, 0.5) is 0 Å². The van der Waals surface area contributed by atoms with Crippen molar-refractivity contribution in [3.63, 3.8) is 0 Å². The molecular formula is C38H64O12S2Sn2. The molecule has 0 bridgehead atoms. The molecule has 0 radical (unpaired) electrons. The third-order valence-corrected chi connectivity index (χ3v) is 35.1. The number of hydrogen-bond acceptors (Lipinski definition) is 10. The van der Waals surface area contributed by atoms with Crippen molar-refractivity contribution >= 4 is 70.3 Å². The summed E-state index contributed by atoms with van der Waals surface area (Å²) in [7, 11) is -9.42. The van der Waals surface area contributed by atoms with Gasteiger partial charge < -0.3 is 0 Å². The van der Waals surface area contributed by atoms with E-state index in [1.54, 1.807) is 24.3 Å². The Balaban J connectivity index is 0.000000540. The zero-order valence-corrected chi connectivity index (χ0v) is 40.5. The van der Waals surface area contributed by atoms with Crippen LogP contribution in [0.25, 0.3) is 0 Å². The molecule has 2 N–H and O–H groups in total. The molecular weight excluding hydrogens is 950 g/mol. The first-order valence-electron chi connectivity index (χ1n) is 19.5. The second-order valence-corrected chi connectivity index (χ2v) is 39.1. The maximum absolute atomic E-state index is 12.9. The van der Waals surface area contributed by atoms with Crippen LogP contribution >= 0.6 is 0 Å². The Bertz CT molecular complexity index is 1450. The second kappa shape index (κ2) is 26.3. The van der Waals surface area contributed by atoms with E-state index in [4.69, 9.17) is 15.3 Å². The molecule has 54 heavy (non-hydrogen) atoms. The third kappa shape index (κ3) is 20.0. The summed E-state index contributed by atoms with van der Waals surface area (Å²) in [6.07, 6.45) is 12.6. The van der Waals surface area contributed by atoms with Gasteiger partial charge in [0.2, 0.25) is 0 Å². The topological polar surface area (TPSA) is 180 Å². The molecule has 2 rings (SSSR count). The summed E-state index contributed by atoms with van der Waals surface area (Å²) in [6, 6.07) is 11.9. The van der Waals surface area contributed by atoms with Gasteiger partial charge >= 0.3 is 337 Å². The maximum atomic E-state index is 12.9. The van der Waals surface area contributed by atoms with Crippen molar-refractivity contribution < 1.29 is 50.0 Å². The molecule has 12 nitrogen and oxygen atoms in total. The molecule has 0 spiro atoms. The fourth-order valence-electron chi connectivity index (χ4n) is 6.20. The van der Waals surface area contributed by atoms with E-state index >= 15 is 0 Å². The van der Waals surface area contributed by atoms with Crippen molar-refractivity contribution in [1.82, 2.24) is 0 Å². The van der Waals surface area contributed by atoms with Crippen LogP contribution in [0.15, 0.2) is 48.5 Å². The fourth-order valence-corrected chi connectivity index (χ4v) is 32.9. The van der Waals surface area contributed by atoms with Gasteiger partial charge in [-0.3, -0.25) is 0 Å². The van der Waals surface area contributed by atoms with E-state index in [0.717, 1.165) is 104 Å². The van der Waals surface area contributed by atoms with Crippen LogP contribution in [0.3, 0.4) is 0 Å². The summed E-state index contributed by atoms with van der Waals surface area (Å²) in [5, 5.41) is 0. The molecule has 2 aromatic rings. The van der Waals surface area contributed by atoms with E-state index in [0.29, 0.717) is 0 Å². The first-order chi connectivity index (χ1) is 25.5. The summed E-state index contributed by atoms with van der Waals surface area (Å²) >= 11 is -6.39. The fraction of sp³-hybridized carbons (Fsp3) is 0.632. The quantitative estimate of drug-likeness (QED) is 0.0674. The number of rotatable bonds is 26. The van der Waals surface area contributed by atoms with Crippen molar-refractivity contribution in [2.75, 3.05) is 0 Å². The molecule has 0 aliphatic carbocycles. The molecule has 0 amide bonds. The first-order valence-corrected chi connectivity index (χ1v) is 36.7. The summed E-state index contributed by atoms with van der Waals surface area (Å²) in [4.78, 5) is 25.9. The van der Waals surface area contributed by atoms with E-state index in [9.17, 15) is 26.4 Å². The number of hydrogen-bond donors (Lipinski definition) is 2. The standard InChI is InChI=1S/2C7H6O6S.6C4H9.2Sn/c2*8-7(9)5-3-1-2-4-6(5)13-14(10,11)12;6*1-3-4-2;;/h2*1-4H,(H,8,9)(H,10,11,12);6*1,3-4H2,2H3;;/q;;;;;;;;2*+1/p-2. The minimum atomic E-state index is -4.71. The van der Waals surface area contributed by atoms with E-state index in [1.165, 1.54) is 24.3 Å². The molecule has 308 valence electrons. The van der Waals surface area contributed by atoms with E-state index in [2.05, 4.69) is 49.9 Å². The van der Waals surface area contributed by atoms with Gasteiger partial charge in [-0.15, -0.1) is 0 Å². The minimum absolute atomic E-state index is 0.0423. The number of carbonyl (C=O) groups is 2. The Labute approximate surface area is 334 Å². The number of benzene rings is 2. The van der Waals surface area contributed by atoms with E-state index in [-0.39, 0.29) is 22.6 Å². The monoisotopic (exact) mass is 1020 g/mol.